The van der Waals surface area contributed by atoms with E-state index in [4.69, 9.17) is 4.74 Å². The molecule has 1 fully saturated rings. The first kappa shape index (κ1) is 12.3. The minimum Gasteiger partial charge on any atom is -0.444 e. The molecule has 3 N–H and O–H groups in total. The Bertz CT molecular complexity index is 229. The zero-order valence-corrected chi connectivity index (χ0v) is 9.59. The van der Waals surface area contributed by atoms with Crippen molar-refractivity contribution in [2.45, 2.75) is 44.9 Å². The van der Waals surface area contributed by atoms with E-state index >= 15 is 0 Å². The third-order valence-electron chi connectivity index (χ3n) is 2.09. The number of carbonyl (C=O) groups excluding carboxylic acids is 1. The first-order valence-electron chi connectivity index (χ1n) is 5.25. The maximum Gasteiger partial charge on any atom is 0.409 e. The summed E-state index contributed by atoms with van der Waals surface area (Å²) in [5.74, 6) is 0. The molecule has 1 heterocycles. The summed E-state index contributed by atoms with van der Waals surface area (Å²) >= 11 is 0. The number of nitrogens with one attached hydrogen (secondary N) is 2. The molecule has 1 atom stereocenters. The van der Waals surface area contributed by atoms with Crippen molar-refractivity contribution in [3.05, 3.63) is 0 Å². The molecule has 0 aromatic rings. The second-order valence-corrected chi connectivity index (χ2v) is 4.94. The predicted octanol–water partition coefficient (Wildman–Crippen LogP) is 0.583. The number of piperidine rings is 1. The van der Waals surface area contributed by atoms with E-state index in [1.165, 1.54) is 0 Å². The average Bonchev–Trinajstić information content (AvgIpc) is 1.99. The summed E-state index contributed by atoms with van der Waals surface area (Å²) in [6, 6.07) is 0. The molecule has 0 spiro atoms. The number of alkyl carbamates (subject to hydrolysis) is 1. The summed E-state index contributed by atoms with van der Waals surface area (Å²) in [5.41, 5.74) is -1.71. The number of carbonyl (C=O) groups is 1. The van der Waals surface area contributed by atoms with Crippen LogP contribution in [0, 0.1) is 0 Å². The van der Waals surface area contributed by atoms with E-state index in [0.717, 1.165) is 13.0 Å². The molecule has 5 nitrogen and oxygen atoms in total. The molecule has 1 rings (SSSR count). The second kappa shape index (κ2) is 4.37. The molecular formula is C10H20N2O3. The third-order valence-corrected chi connectivity index (χ3v) is 2.09. The van der Waals surface area contributed by atoms with Gasteiger partial charge in [0, 0.05) is 6.54 Å². The van der Waals surface area contributed by atoms with E-state index < -0.39 is 17.4 Å². The van der Waals surface area contributed by atoms with Crippen LogP contribution < -0.4 is 10.6 Å². The molecular weight excluding hydrogens is 196 g/mol. The van der Waals surface area contributed by atoms with Crippen LogP contribution in [0.25, 0.3) is 0 Å². The lowest BCUT2D eigenvalue weighted by Gasteiger charge is -2.34. The van der Waals surface area contributed by atoms with Gasteiger partial charge < -0.3 is 15.2 Å². The van der Waals surface area contributed by atoms with Gasteiger partial charge in [-0.05, 0) is 40.2 Å². The smallest absolute Gasteiger partial charge is 0.409 e. The normalized spacial score (nSPS) is 27.2. The van der Waals surface area contributed by atoms with Gasteiger partial charge in [0.15, 0.2) is 5.72 Å². The van der Waals surface area contributed by atoms with Crippen molar-refractivity contribution in [3.63, 3.8) is 0 Å². The molecule has 1 aliphatic rings. The molecule has 1 saturated heterocycles. The molecule has 1 unspecified atom stereocenters. The van der Waals surface area contributed by atoms with Gasteiger partial charge in [-0.2, -0.15) is 0 Å². The van der Waals surface area contributed by atoms with E-state index in [2.05, 4.69) is 10.6 Å². The minimum absolute atomic E-state index is 0.367. The first-order valence-corrected chi connectivity index (χ1v) is 5.25. The zero-order chi connectivity index (χ0) is 11.5. The summed E-state index contributed by atoms with van der Waals surface area (Å²) in [7, 11) is 0. The summed E-state index contributed by atoms with van der Waals surface area (Å²) in [6.45, 7) is 6.60. The van der Waals surface area contributed by atoms with Gasteiger partial charge in [-0.1, -0.05) is 0 Å². The minimum atomic E-state index is -1.17. The van der Waals surface area contributed by atoms with Gasteiger partial charge in [-0.25, -0.2) is 4.79 Å². The Labute approximate surface area is 90.2 Å². The van der Waals surface area contributed by atoms with Crippen LogP contribution in [0.15, 0.2) is 0 Å². The highest BCUT2D eigenvalue weighted by Gasteiger charge is 2.32. The van der Waals surface area contributed by atoms with Gasteiger partial charge in [-0.15, -0.1) is 0 Å². The molecule has 5 heteroatoms. The largest absolute Gasteiger partial charge is 0.444 e. The number of rotatable bonds is 1. The molecule has 0 saturated carbocycles. The lowest BCUT2D eigenvalue weighted by atomic mass is 10.0. The first-order chi connectivity index (χ1) is 6.81. The van der Waals surface area contributed by atoms with Crippen molar-refractivity contribution >= 4 is 6.09 Å². The van der Waals surface area contributed by atoms with Crippen LogP contribution in [0.4, 0.5) is 4.79 Å². The maximum atomic E-state index is 11.4. The molecule has 1 amide bonds. The van der Waals surface area contributed by atoms with Gasteiger partial charge in [-0.3, -0.25) is 5.32 Å². The van der Waals surface area contributed by atoms with E-state index in [1.54, 1.807) is 20.8 Å². The quantitative estimate of drug-likeness (QED) is 0.561. The highest BCUT2D eigenvalue weighted by molar-refractivity contribution is 5.68. The van der Waals surface area contributed by atoms with Crippen molar-refractivity contribution in [2.75, 3.05) is 13.1 Å². The van der Waals surface area contributed by atoms with Crippen LogP contribution in [0.2, 0.25) is 0 Å². The van der Waals surface area contributed by atoms with E-state index in [1.807, 2.05) is 0 Å². The Morgan fingerprint density at radius 3 is 2.67 bits per heavy atom. The molecule has 0 aromatic heterocycles. The number of β-amino-alcohol motifs (C(OH)–C–C–N with tert-alkyl or cyclic N) is 1. The van der Waals surface area contributed by atoms with Gasteiger partial charge in [0.05, 0.1) is 0 Å². The topological polar surface area (TPSA) is 70.6 Å². The Morgan fingerprint density at radius 2 is 2.20 bits per heavy atom. The molecule has 0 bridgehead atoms. The number of hydrogen-bond donors (Lipinski definition) is 3. The molecule has 0 aromatic carbocycles. The standard InChI is InChI=1S/C10H20N2O3/c1-9(2,3)15-8(13)12-10(14)5-4-6-11-7-10/h11,14H,4-7H2,1-3H3,(H,12,13). The summed E-state index contributed by atoms with van der Waals surface area (Å²) in [4.78, 5) is 11.4. The van der Waals surface area contributed by atoms with Crippen molar-refractivity contribution in [2.24, 2.45) is 0 Å². The number of amides is 1. The fourth-order valence-electron chi connectivity index (χ4n) is 1.49. The summed E-state index contributed by atoms with van der Waals surface area (Å²) in [5, 5.41) is 15.5. The number of aliphatic hydroxyl groups is 1. The van der Waals surface area contributed by atoms with E-state index in [-0.39, 0.29) is 0 Å². The Kier molecular flexibility index (Phi) is 3.57. The Hall–Kier alpha value is -0.810. The summed E-state index contributed by atoms with van der Waals surface area (Å²) < 4.78 is 5.07. The van der Waals surface area contributed by atoms with Gasteiger partial charge >= 0.3 is 6.09 Å². The van der Waals surface area contributed by atoms with Crippen LogP contribution >= 0.6 is 0 Å². The molecule has 0 aliphatic carbocycles. The molecule has 15 heavy (non-hydrogen) atoms. The van der Waals surface area contributed by atoms with Crippen molar-refractivity contribution in [1.29, 1.82) is 0 Å². The lowest BCUT2D eigenvalue weighted by Crippen LogP contribution is -2.58. The van der Waals surface area contributed by atoms with Crippen molar-refractivity contribution in [3.8, 4) is 0 Å². The van der Waals surface area contributed by atoms with Gasteiger partial charge in [0.1, 0.15) is 5.60 Å². The zero-order valence-electron chi connectivity index (χ0n) is 9.59. The van der Waals surface area contributed by atoms with Crippen LogP contribution in [-0.4, -0.2) is 35.6 Å². The fourth-order valence-corrected chi connectivity index (χ4v) is 1.49. The SMILES string of the molecule is CC(C)(C)OC(=O)NC1(O)CCCNC1. The Morgan fingerprint density at radius 1 is 1.53 bits per heavy atom. The van der Waals surface area contributed by atoms with Crippen molar-refractivity contribution in [1.82, 2.24) is 10.6 Å². The fraction of sp³-hybridized carbons (Fsp3) is 0.900. The number of hydrogen-bond acceptors (Lipinski definition) is 4. The Balaban J connectivity index is 2.42. The van der Waals surface area contributed by atoms with Crippen LogP contribution in [0.5, 0.6) is 0 Å². The highest BCUT2D eigenvalue weighted by atomic mass is 16.6. The average molecular weight is 216 g/mol. The lowest BCUT2D eigenvalue weighted by molar-refractivity contribution is -0.0279. The molecule has 1 aliphatic heterocycles. The number of ether oxygens (including phenoxy) is 1. The highest BCUT2D eigenvalue weighted by Crippen LogP contribution is 2.14. The molecule has 0 radical (unpaired) electrons. The predicted molar refractivity (Wildman–Crippen MR) is 56.4 cm³/mol. The van der Waals surface area contributed by atoms with Crippen molar-refractivity contribution < 1.29 is 14.6 Å². The van der Waals surface area contributed by atoms with Gasteiger partial charge in [0.25, 0.3) is 0 Å². The van der Waals surface area contributed by atoms with Gasteiger partial charge in [0.2, 0.25) is 0 Å². The maximum absolute atomic E-state index is 11.4. The second-order valence-electron chi connectivity index (χ2n) is 4.94. The monoisotopic (exact) mass is 216 g/mol. The van der Waals surface area contributed by atoms with Crippen LogP contribution in [-0.2, 0) is 4.74 Å². The third kappa shape index (κ3) is 4.48. The van der Waals surface area contributed by atoms with Crippen LogP contribution in [0.3, 0.4) is 0 Å². The van der Waals surface area contributed by atoms with Crippen LogP contribution in [0.1, 0.15) is 33.6 Å². The van der Waals surface area contributed by atoms with E-state index in [9.17, 15) is 9.90 Å². The molecule has 88 valence electrons. The van der Waals surface area contributed by atoms with E-state index in [0.29, 0.717) is 13.0 Å². The summed E-state index contributed by atoms with van der Waals surface area (Å²) in [6.07, 6.45) is 0.819.